The third-order valence-electron chi connectivity index (χ3n) is 3.00. The minimum absolute atomic E-state index is 0.222. The predicted molar refractivity (Wildman–Crippen MR) is 68.1 cm³/mol. The molecule has 0 aromatic carbocycles. The molecule has 3 heteroatoms. The molecule has 0 radical (unpaired) electrons. The molecule has 0 N–H and O–H groups in total. The van der Waals surface area contributed by atoms with E-state index in [1.807, 2.05) is 13.0 Å². The van der Waals surface area contributed by atoms with Crippen LogP contribution in [0.5, 0.6) is 0 Å². The first-order valence-electron chi connectivity index (χ1n) is 5.90. The highest BCUT2D eigenvalue weighted by molar-refractivity contribution is 7.12. The van der Waals surface area contributed by atoms with E-state index in [9.17, 15) is 4.79 Å². The SMILES string of the molecule is Cc1cc(C(=O)N(C(C)C)C2CC2)c(C)s1. The van der Waals surface area contributed by atoms with E-state index in [1.165, 1.54) is 17.7 Å². The van der Waals surface area contributed by atoms with Crippen molar-refractivity contribution in [3.63, 3.8) is 0 Å². The fourth-order valence-corrected chi connectivity index (χ4v) is 3.07. The Morgan fingerprint density at radius 3 is 2.44 bits per heavy atom. The van der Waals surface area contributed by atoms with Gasteiger partial charge in [0, 0.05) is 21.8 Å². The van der Waals surface area contributed by atoms with E-state index >= 15 is 0 Å². The van der Waals surface area contributed by atoms with Crippen LogP contribution in [0.1, 0.15) is 46.8 Å². The van der Waals surface area contributed by atoms with E-state index in [0.717, 1.165) is 10.4 Å². The van der Waals surface area contributed by atoms with Gasteiger partial charge in [-0.1, -0.05) is 0 Å². The summed E-state index contributed by atoms with van der Waals surface area (Å²) in [5, 5.41) is 0. The molecule has 0 spiro atoms. The fraction of sp³-hybridized carbons (Fsp3) is 0.615. The molecule has 2 rings (SSSR count). The molecule has 0 atom stereocenters. The third kappa shape index (κ3) is 2.14. The van der Waals surface area contributed by atoms with Gasteiger partial charge in [0.25, 0.3) is 5.91 Å². The maximum atomic E-state index is 12.4. The standard InChI is InChI=1S/C13H19NOS/c1-8(2)14(11-5-6-11)13(15)12-7-9(3)16-10(12)4/h7-8,11H,5-6H2,1-4H3. The summed E-state index contributed by atoms with van der Waals surface area (Å²) < 4.78 is 0. The van der Waals surface area contributed by atoms with Crippen LogP contribution in [-0.4, -0.2) is 22.9 Å². The lowest BCUT2D eigenvalue weighted by Gasteiger charge is -2.26. The minimum atomic E-state index is 0.222. The Kier molecular flexibility index (Phi) is 3.06. The summed E-state index contributed by atoms with van der Waals surface area (Å²) in [6, 6.07) is 2.83. The van der Waals surface area contributed by atoms with Gasteiger partial charge in [-0.3, -0.25) is 4.79 Å². The topological polar surface area (TPSA) is 20.3 Å². The van der Waals surface area contributed by atoms with Crippen LogP contribution in [0.15, 0.2) is 6.07 Å². The number of rotatable bonds is 3. The van der Waals surface area contributed by atoms with Crippen LogP contribution in [-0.2, 0) is 0 Å². The van der Waals surface area contributed by atoms with Gasteiger partial charge in [0.05, 0.1) is 5.56 Å². The summed E-state index contributed by atoms with van der Waals surface area (Å²) in [5.74, 6) is 0.222. The zero-order chi connectivity index (χ0) is 11.9. The number of hydrogen-bond acceptors (Lipinski definition) is 2. The van der Waals surface area contributed by atoms with Gasteiger partial charge in [-0.2, -0.15) is 0 Å². The van der Waals surface area contributed by atoms with Crippen molar-refractivity contribution in [1.82, 2.24) is 4.90 Å². The summed E-state index contributed by atoms with van der Waals surface area (Å²) in [4.78, 5) is 16.9. The molecule has 0 bridgehead atoms. The van der Waals surface area contributed by atoms with Gasteiger partial charge in [-0.15, -0.1) is 11.3 Å². The van der Waals surface area contributed by atoms with Crippen molar-refractivity contribution < 1.29 is 4.79 Å². The van der Waals surface area contributed by atoms with Gasteiger partial charge >= 0.3 is 0 Å². The number of nitrogens with zero attached hydrogens (tertiary/aromatic N) is 1. The van der Waals surface area contributed by atoms with E-state index in [4.69, 9.17) is 0 Å². The van der Waals surface area contributed by atoms with E-state index < -0.39 is 0 Å². The Morgan fingerprint density at radius 2 is 2.06 bits per heavy atom. The molecule has 1 aliphatic carbocycles. The van der Waals surface area contributed by atoms with Gasteiger partial charge in [-0.05, 0) is 46.6 Å². The molecule has 1 amide bonds. The second-order valence-corrected chi connectivity index (χ2v) is 6.32. The molecule has 1 heterocycles. The van der Waals surface area contributed by atoms with Crippen molar-refractivity contribution in [1.29, 1.82) is 0 Å². The van der Waals surface area contributed by atoms with Gasteiger partial charge in [0.2, 0.25) is 0 Å². The monoisotopic (exact) mass is 237 g/mol. The second kappa shape index (κ2) is 4.21. The van der Waals surface area contributed by atoms with Crippen molar-refractivity contribution in [2.75, 3.05) is 0 Å². The molecular formula is C13H19NOS. The van der Waals surface area contributed by atoms with Crippen molar-refractivity contribution in [3.8, 4) is 0 Å². The highest BCUT2D eigenvalue weighted by Crippen LogP contribution is 2.32. The molecule has 1 saturated carbocycles. The molecule has 1 aromatic heterocycles. The largest absolute Gasteiger partial charge is 0.333 e. The molecule has 16 heavy (non-hydrogen) atoms. The molecule has 2 nitrogen and oxygen atoms in total. The zero-order valence-electron chi connectivity index (χ0n) is 10.4. The molecule has 1 aromatic rings. The number of carbonyl (C=O) groups excluding carboxylic acids is 1. The predicted octanol–water partition coefficient (Wildman–Crippen LogP) is 3.38. The number of thiophene rings is 1. The van der Waals surface area contributed by atoms with E-state index in [0.29, 0.717) is 12.1 Å². The highest BCUT2D eigenvalue weighted by atomic mass is 32.1. The molecule has 1 fully saturated rings. The molecule has 0 saturated heterocycles. The Hall–Kier alpha value is -0.830. The van der Waals surface area contributed by atoms with Crippen LogP contribution < -0.4 is 0 Å². The van der Waals surface area contributed by atoms with Crippen molar-refractivity contribution >= 4 is 17.2 Å². The lowest BCUT2D eigenvalue weighted by atomic mass is 10.2. The Morgan fingerprint density at radius 1 is 1.44 bits per heavy atom. The van der Waals surface area contributed by atoms with Crippen LogP contribution >= 0.6 is 11.3 Å². The first-order chi connectivity index (χ1) is 7.50. The smallest absolute Gasteiger partial charge is 0.255 e. The minimum Gasteiger partial charge on any atom is -0.333 e. The number of aryl methyl sites for hydroxylation is 2. The highest BCUT2D eigenvalue weighted by Gasteiger charge is 2.35. The van der Waals surface area contributed by atoms with Crippen molar-refractivity contribution in [2.45, 2.75) is 52.6 Å². The average Bonchev–Trinajstić information content (AvgIpc) is 2.92. The van der Waals surface area contributed by atoms with Crippen molar-refractivity contribution in [3.05, 3.63) is 21.4 Å². The Bertz CT molecular complexity index is 402. The summed E-state index contributed by atoms with van der Waals surface area (Å²) in [6.07, 6.45) is 2.35. The maximum Gasteiger partial charge on any atom is 0.255 e. The van der Waals surface area contributed by atoms with Gasteiger partial charge < -0.3 is 4.90 Å². The van der Waals surface area contributed by atoms with Crippen LogP contribution in [0, 0.1) is 13.8 Å². The summed E-state index contributed by atoms with van der Waals surface area (Å²) >= 11 is 1.71. The number of amides is 1. The Balaban J connectivity index is 2.25. The maximum absolute atomic E-state index is 12.4. The van der Waals surface area contributed by atoms with Gasteiger partial charge in [0.1, 0.15) is 0 Å². The lowest BCUT2D eigenvalue weighted by Crippen LogP contribution is -2.38. The quantitative estimate of drug-likeness (QED) is 0.789. The lowest BCUT2D eigenvalue weighted by molar-refractivity contribution is 0.0690. The average molecular weight is 237 g/mol. The van der Waals surface area contributed by atoms with E-state index in [2.05, 4.69) is 25.7 Å². The fourth-order valence-electron chi connectivity index (χ4n) is 2.16. The summed E-state index contributed by atoms with van der Waals surface area (Å²) in [6.45, 7) is 8.30. The summed E-state index contributed by atoms with van der Waals surface area (Å²) in [7, 11) is 0. The zero-order valence-corrected chi connectivity index (χ0v) is 11.2. The number of hydrogen-bond donors (Lipinski definition) is 0. The van der Waals surface area contributed by atoms with Crippen LogP contribution in [0.3, 0.4) is 0 Å². The van der Waals surface area contributed by atoms with Crippen LogP contribution in [0.2, 0.25) is 0 Å². The normalized spacial score (nSPS) is 15.6. The van der Waals surface area contributed by atoms with Crippen LogP contribution in [0.25, 0.3) is 0 Å². The summed E-state index contributed by atoms with van der Waals surface area (Å²) in [5.41, 5.74) is 0.906. The molecule has 88 valence electrons. The molecule has 1 aliphatic rings. The van der Waals surface area contributed by atoms with E-state index in [-0.39, 0.29) is 5.91 Å². The second-order valence-electron chi connectivity index (χ2n) is 4.86. The van der Waals surface area contributed by atoms with Crippen molar-refractivity contribution in [2.24, 2.45) is 0 Å². The third-order valence-corrected chi connectivity index (χ3v) is 3.97. The molecular weight excluding hydrogens is 218 g/mol. The first kappa shape index (κ1) is 11.6. The number of carbonyl (C=O) groups is 1. The van der Waals surface area contributed by atoms with E-state index in [1.54, 1.807) is 11.3 Å². The van der Waals surface area contributed by atoms with Gasteiger partial charge in [0.15, 0.2) is 0 Å². The Labute approximate surface area is 101 Å². The molecule has 0 unspecified atom stereocenters. The first-order valence-corrected chi connectivity index (χ1v) is 6.72. The van der Waals surface area contributed by atoms with Gasteiger partial charge in [-0.25, -0.2) is 0 Å². The van der Waals surface area contributed by atoms with Crippen LogP contribution in [0.4, 0.5) is 0 Å². The molecule has 0 aliphatic heterocycles.